The summed E-state index contributed by atoms with van der Waals surface area (Å²) < 4.78 is 27.5. The van der Waals surface area contributed by atoms with Crippen LogP contribution >= 0.6 is 23.2 Å². The van der Waals surface area contributed by atoms with Crippen molar-refractivity contribution in [3.8, 4) is 11.5 Å². The molecule has 0 bridgehead atoms. The lowest BCUT2D eigenvalue weighted by Crippen LogP contribution is -2.02. The van der Waals surface area contributed by atoms with Gasteiger partial charge in [0.15, 0.2) is 5.75 Å². The Hall–Kier alpha value is -0.740. The highest BCUT2D eigenvalue weighted by Gasteiger charge is 2.13. The van der Waals surface area contributed by atoms with E-state index in [9.17, 15) is 8.78 Å². The van der Waals surface area contributed by atoms with Crippen LogP contribution in [0.15, 0.2) is 12.1 Å². The molecular weight excluding hydrogens is 225 g/mol. The minimum atomic E-state index is -2.99. The molecule has 0 aliphatic carbocycles. The van der Waals surface area contributed by atoms with E-state index in [-0.39, 0.29) is 15.8 Å². The van der Waals surface area contributed by atoms with Gasteiger partial charge in [-0.25, -0.2) is 0 Å². The third-order valence-corrected chi connectivity index (χ3v) is 1.92. The molecule has 0 fully saturated rings. The number of benzene rings is 1. The first-order chi connectivity index (χ1) is 6.02. The summed E-state index contributed by atoms with van der Waals surface area (Å²) in [6.07, 6.45) is 0. The predicted octanol–water partition coefficient (Wildman–Crippen LogP) is 3.30. The van der Waals surface area contributed by atoms with E-state index in [1.165, 1.54) is 6.07 Å². The Morgan fingerprint density at radius 3 is 2.46 bits per heavy atom. The number of alkyl halides is 2. The third-order valence-electron chi connectivity index (χ3n) is 1.25. The second-order valence-corrected chi connectivity index (χ2v) is 2.87. The molecule has 0 heterocycles. The van der Waals surface area contributed by atoms with Crippen molar-refractivity contribution in [1.29, 1.82) is 0 Å². The molecule has 0 unspecified atom stereocenters. The van der Waals surface area contributed by atoms with Crippen molar-refractivity contribution >= 4 is 23.2 Å². The van der Waals surface area contributed by atoms with Gasteiger partial charge in [-0.2, -0.15) is 8.78 Å². The SMILES string of the molecule is Oc1c(Cl)ccc(OC(F)F)c1Cl. The zero-order valence-corrected chi connectivity index (χ0v) is 7.61. The molecule has 0 saturated carbocycles. The van der Waals surface area contributed by atoms with Crippen LogP contribution in [0, 0.1) is 0 Å². The van der Waals surface area contributed by atoms with Crippen LogP contribution in [0.5, 0.6) is 11.5 Å². The normalized spacial score (nSPS) is 10.5. The molecule has 2 nitrogen and oxygen atoms in total. The summed E-state index contributed by atoms with van der Waals surface area (Å²) in [5.74, 6) is -0.778. The molecule has 1 N–H and O–H groups in total. The van der Waals surface area contributed by atoms with Gasteiger partial charge >= 0.3 is 6.61 Å². The fourth-order valence-electron chi connectivity index (χ4n) is 0.709. The summed E-state index contributed by atoms with van der Waals surface area (Å²) >= 11 is 10.9. The largest absolute Gasteiger partial charge is 0.505 e. The standard InChI is InChI=1S/C7H4Cl2F2O2/c8-3-1-2-4(13-7(10)11)5(9)6(3)12/h1-2,7,12H. The lowest BCUT2D eigenvalue weighted by molar-refractivity contribution is -0.0498. The minimum absolute atomic E-state index is 0.0217. The summed E-state index contributed by atoms with van der Waals surface area (Å²) in [4.78, 5) is 0. The summed E-state index contributed by atoms with van der Waals surface area (Å²) in [6, 6.07) is 2.36. The van der Waals surface area contributed by atoms with Crippen LogP contribution in [0.25, 0.3) is 0 Å². The molecule has 0 spiro atoms. The number of phenols is 1. The molecule has 0 atom stereocenters. The number of aromatic hydroxyl groups is 1. The molecule has 1 aromatic carbocycles. The van der Waals surface area contributed by atoms with Crippen molar-refractivity contribution in [3.05, 3.63) is 22.2 Å². The van der Waals surface area contributed by atoms with Crippen molar-refractivity contribution in [3.63, 3.8) is 0 Å². The number of rotatable bonds is 2. The van der Waals surface area contributed by atoms with E-state index < -0.39 is 12.4 Å². The molecule has 1 aromatic rings. The minimum Gasteiger partial charge on any atom is -0.505 e. The second kappa shape index (κ2) is 3.98. The van der Waals surface area contributed by atoms with E-state index in [1.807, 2.05) is 0 Å². The second-order valence-electron chi connectivity index (χ2n) is 2.09. The third kappa shape index (κ3) is 2.35. The number of hydrogen-bond donors (Lipinski definition) is 1. The van der Waals surface area contributed by atoms with Gasteiger partial charge in [-0.05, 0) is 12.1 Å². The van der Waals surface area contributed by atoms with Crippen LogP contribution in [-0.4, -0.2) is 11.7 Å². The van der Waals surface area contributed by atoms with E-state index in [4.69, 9.17) is 28.3 Å². The molecule has 72 valence electrons. The quantitative estimate of drug-likeness (QED) is 0.842. The van der Waals surface area contributed by atoms with Crippen LogP contribution in [0.3, 0.4) is 0 Å². The fourth-order valence-corrected chi connectivity index (χ4v) is 1.12. The molecule has 0 aromatic heterocycles. The molecular formula is C7H4Cl2F2O2. The monoisotopic (exact) mass is 228 g/mol. The van der Waals surface area contributed by atoms with E-state index in [2.05, 4.69) is 4.74 Å². The zero-order valence-electron chi connectivity index (χ0n) is 6.10. The van der Waals surface area contributed by atoms with Crippen molar-refractivity contribution in [2.75, 3.05) is 0 Å². The Kier molecular flexibility index (Phi) is 3.17. The van der Waals surface area contributed by atoms with Crippen LogP contribution in [0.1, 0.15) is 0 Å². The van der Waals surface area contributed by atoms with Gasteiger partial charge in [0.2, 0.25) is 0 Å². The van der Waals surface area contributed by atoms with Gasteiger partial charge in [0.25, 0.3) is 0 Å². The summed E-state index contributed by atoms with van der Waals surface area (Å²) in [7, 11) is 0. The zero-order chi connectivity index (χ0) is 10.0. The molecule has 0 aliphatic heterocycles. The summed E-state index contributed by atoms with van der Waals surface area (Å²) in [5, 5.41) is 8.76. The van der Waals surface area contributed by atoms with E-state index >= 15 is 0 Å². The first kappa shape index (κ1) is 10.3. The van der Waals surface area contributed by atoms with Gasteiger partial charge in [0.05, 0.1) is 5.02 Å². The molecule has 13 heavy (non-hydrogen) atoms. The van der Waals surface area contributed by atoms with E-state index in [1.54, 1.807) is 0 Å². The molecule has 0 radical (unpaired) electrons. The van der Waals surface area contributed by atoms with E-state index in [0.717, 1.165) is 6.07 Å². The smallest absolute Gasteiger partial charge is 0.387 e. The van der Waals surface area contributed by atoms with Gasteiger partial charge < -0.3 is 9.84 Å². The Morgan fingerprint density at radius 1 is 1.31 bits per heavy atom. The van der Waals surface area contributed by atoms with E-state index in [0.29, 0.717) is 0 Å². The maximum absolute atomic E-state index is 11.7. The van der Waals surface area contributed by atoms with Crippen LogP contribution < -0.4 is 4.74 Å². The Balaban J connectivity index is 3.04. The Labute approximate surface area is 82.6 Å². The predicted molar refractivity (Wildman–Crippen MR) is 44.8 cm³/mol. The highest BCUT2D eigenvalue weighted by molar-refractivity contribution is 6.38. The first-order valence-corrected chi connectivity index (χ1v) is 3.89. The van der Waals surface area contributed by atoms with Gasteiger partial charge in [-0.3, -0.25) is 0 Å². The van der Waals surface area contributed by atoms with Crippen molar-refractivity contribution in [2.24, 2.45) is 0 Å². The van der Waals surface area contributed by atoms with Gasteiger partial charge in [-0.1, -0.05) is 23.2 Å². The summed E-state index contributed by atoms with van der Waals surface area (Å²) in [6.45, 7) is -2.99. The molecule has 6 heteroatoms. The van der Waals surface area contributed by atoms with Crippen molar-refractivity contribution in [2.45, 2.75) is 6.61 Å². The van der Waals surface area contributed by atoms with Gasteiger partial charge in [0, 0.05) is 0 Å². The average molecular weight is 229 g/mol. The number of hydrogen-bond acceptors (Lipinski definition) is 2. The van der Waals surface area contributed by atoms with Crippen LogP contribution in [0.2, 0.25) is 10.0 Å². The molecule has 0 amide bonds. The number of halogens is 4. The number of ether oxygens (including phenoxy) is 1. The van der Waals surface area contributed by atoms with Crippen molar-refractivity contribution in [1.82, 2.24) is 0 Å². The number of phenolic OH excluding ortho intramolecular Hbond substituents is 1. The van der Waals surface area contributed by atoms with Crippen LogP contribution in [0.4, 0.5) is 8.78 Å². The molecule has 0 saturated heterocycles. The first-order valence-electron chi connectivity index (χ1n) is 3.14. The van der Waals surface area contributed by atoms with Crippen LogP contribution in [-0.2, 0) is 0 Å². The maximum atomic E-state index is 11.7. The maximum Gasteiger partial charge on any atom is 0.387 e. The lowest BCUT2D eigenvalue weighted by Gasteiger charge is -2.07. The topological polar surface area (TPSA) is 29.5 Å². The molecule has 1 rings (SSSR count). The van der Waals surface area contributed by atoms with Gasteiger partial charge in [-0.15, -0.1) is 0 Å². The van der Waals surface area contributed by atoms with Crippen molar-refractivity contribution < 1.29 is 18.6 Å². The highest BCUT2D eigenvalue weighted by atomic mass is 35.5. The Morgan fingerprint density at radius 2 is 1.92 bits per heavy atom. The highest BCUT2D eigenvalue weighted by Crippen LogP contribution is 2.39. The fraction of sp³-hybridized carbons (Fsp3) is 0.143. The Bertz CT molecular complexity index is 318. The average Bonchev–Trinajstić information content (AvgIpc) is 2.06. The van der Waals surface area contributed by atoms with Gasteiger partial charge in [0.1, 0.15) is 10.8 Å². The lowest BCUT2D eigenvalue weighted by atomic mass is 10.3. The summed E-state index contributed by atoms with van der Waals surface area (Å²) in [5.41, 5.74) is 0. The molecule has 0 aliphatic rings.